The molecule has 0 fully saturated rings. The minimum absolute atomic E-state index is 0.00269. The monoisotopic (exact) mass is 265 g/mol. The van der Waals surface area contributed by atoms with Gasteiger partial charge < -0.3 is 10.2 Å². The first-order chi connectivity index (χ1) is 8.43. The van der Waals surface area contributed by atoms with Gasteiger partial charge in [-0.1, -0.05) is 47.6 Å². The number of aromatic hydroxyl groups is 1. The second-order valence-corrected chi connectivity index (χ2v) is 6.85. The first kappa shape index (κ1) is 15.3. The Hall–Kier alpha value is -1.71. The zero-order valence-electron chi connectivity index (χ0n) is 12.5. The van der Waals surface area contributed by atoms with Gasteiger partial charge in [-0.2, -0.15) is 0 Å². The molecule has 1 rings (SSSR count). The number of hydrogen-bond acceptors (Lipinski definition) is 2. The number of anilines is 1. The summed E-state index contributed by atoms with van der Waals surface area (Å²) in [5, 5.41) is 21.4. The first-order valence-corrected chi connectivity index (χ1v) is 6.31. The standard InChI is InChI=1S/C15H23NO3/c1-14(2,3)9-7-10(15(4,5)6)12(17)11(8-9)16-13(18)19/h7-8,16-17H,1-6H3,(H,18,19). The van der Waals surface area contributed by atoms with Crippen molar-refractivity contribution in [2.24, 2.45) is 0 Å². The number of hydrogen-bond donors (Lipinski definition) is 3. The zero-order valence-corrected chi connectivity index (χ0v) is 12.5. The number of nitrogens with one attached hydrogen (secondary N) is 1. The molecule has 0 aliphatic carbocycles. The van der Waals surface area contributed by atoms with Gasteiger partial charge in [0.1, 0.15) is 5.75 Å². The van der Waals surface area contributed by atoms with Gasteiger partial charge in [0.25, 0.3) is 0 Å². The van der Waals surface area contributed by atoms with E-state index < -0.39 is 6.09 Å². The molecule has 0 atom stereocenters. The summed E-state index contributed by atoms with van der Waals surface area (Å²) in [5.74, 6) is 0.00269. The molecule has 0 heterocycles. The topological polar surface area (TPSA) is 69.6 Å². The molecule has 0 aliphatic heterocycles. The molecule has 0 aliphatic rings. The molecule has 0 aromatic heterocycles. The lowest BCUT2D eigenvalue weighted by Gasteiger charge is -2.27. The van der Waals surface area contributed by atoms with E-state index in [0.717, 1.165) is 11.1 Å². The molecule has 0 unspecified atom stereocenters. The normalized spacial score (nSPS) is 12.3. The summed E-state index contributed by atoms with van der Waals surface area (Å²) in [6.07, 6.45) is -1.18. The highest BCUT2D eigenvalue weighted by Crippen LogP contribution is 2.40. The number of carboxylic acid groups (broad SMARTS) is 1. The first-order valence-electron chi connectivity index (χ1n) is 6.31. The maximum atomic E-state index is 10.8. The quantitative estimate of drug-likeness (QED) is 0.670. The summed E-state index contributed by atoms with van der Waals surface area (Å²) >= 11 is 0. The van der Waals surface area contributed by atoms with Crippen molar-refractivity contribution >= 4 is 11.8 Å². The van der Waals surface area contributed by atoms with Crippen molar-refractivity contribution in [1.82, 2.24) is 0 Å². The maximum Gasteiger partial charge on any atom is 0.409 e. The Balaban J connectivity index is 3.52. The highest BCUT2D eigenvalue weighted by Gasteiger charge is 2.25. The second kappa shape index (κ2) is 4.76. The van der Waals surface area contributed by atoms with Crippen LogP contribution in [0.5, 0.6) is 5.75 Å². The summed E-state index contributed by atoms with van der Waals surface area (Å²) < 4.78 is 0. The van der Waals surface area contributed by atoms with Crippen molar-refractivity contribution in [3.63, 3.8) is 0 Å². The molecule has 1 amide bonds. The summed E-state index contributed by atoms with van der Waals surface area (Å²) in [6, 6.07) is 3.64. The van der Waals surface area contributed by atoms with Gasteiger partial charge in [-0.05, 0) is 22.5 Å². The molecule has 19 heavy (non-hydrogen) atoms. The van der Waals surface area contributed by atoms with Crippen molar-refractivity contribution in [3.8, 4) is 5.75 Å². The van der Waals surface area contributed by atoms with Gasteiger partial charge in [0.15, 0.2) is 0 Å². The van der Waals surface area contributed by atoms with Crippen LogP contribution in [0.15, 0.2) is 12.1 Å². The smallest absolute Gasteiger partial charge is 0.409 e. The van der Waals surface area contributed by atoms with E-state index in [1.54, 1.807) is 6.07 Å². The fraction of sp³-hybridized carbons (Fsp3) is 0.533. The number of amides is 1. The van der Waals surface area contributed by atoms with Crippen molar-refractivity contribution in [2.45, 2.75) is 52.4 Å². The summed E-state index contributed by atoms with van der Waals surface area (Å²) in [4.78, 5) is 10.8. The van der Waals surface area contributed by atoms with Crippen LogP contribution in [0.1, 0.15) is 52.7 Å². The van der Waals surface area contributed by atoms with Crippen molar-refractivity contribution < 1.29 is 15.0 Å². The van der Waals surface area contributed by atoms with Crippen molar-refractivity contribution in [3.05, 3.63) is 23.3 Å². The van der Waals surface area contributed by atoms with Crippen LogP contribution in [-0.4, -0.2) is 16.3 Å². The van der Waals surface area contributed by atoms with Gasteiger partial charge in [-0.15, -0.1) is 0 Å². The summed E-state index contributed by atoms with van der Waals surface area (Å²) in [7, 11) is 0. The van der Waals surface area contributed by atoms with Gasteiger partial charge in [0, 0.05) is 5.56 Å². The molecule has 0 radical (unpaired) electrons. The number of phenols is 1. The molecule has 0 bridgehead atoms. The van der Waals surface area contributed by atoms with E-state index >= 15 is 0 Å². The van der Waals surface area contributed by atoms with Gasteiger partial charge in [-0.3, -0.25) is 5.32 Å². The van der Waals surface area contributed by atoms with Crippen LogP contribution in [0, 0.1) is 0 Å². The summed E-state index contributed by atoms with van der Waals surface area (Å²) in [6.45, 7) is 12.1. The number of phenolic OH excluding ortho intramolecular Hbond substituents is 1. The third kappa shape index (κ3) is 3.63. The second-order valence-electron chi connectivity index (χ2n) is 6.85. The highest BCUT2D eigenvalue weighted by molar-refractivity contribution is 5.86. The zero-order chi connectivity index (χ0) is 15.0. The molecular formula is C15H23NO3. The van der Waals surface area contributed by atoms with Gasteiger partial charge in [0.05, 0.1) is 5.69 Å². The van der Waals surface area contributed by atoms with Crippen molar-refractivity contribution in [2.75, 3.05) is 5.32 Å². The Bertz CT molecular complexity index is 493. The van der Waals surface area contributed by atoms with E-state index in [1.165, 1.54) is 0 Å². The van der Waals surface area contributed by atoms with Crippen LogP contribution in [-0.2, 0) is 10.8 Å². The molecule has 1 aromatic carbocycles. The van der Waals surface area contributed by atoms with E-state index in [1.807, 2.05) is 26.8 Å². The van der Waals surface area contributed by atoms with Crippen LogP contribution in [0.3, 0.4) is 0 Å². The fourth-order valence-electron chi connectivity index (χ4n) is 1.85. The van der Waals surface area contributed by atoms with Crippen LogP contribution in [0.4, 0.5) is 10.5 Å². The average molecular weight is 265 g/mol. The molecule has 4 nitrogen and oxygen atoms in total. The lowest BCUT2D eigenvalue weighted by atomic mass is 9.79. The Kier molecular flexibility index (Phi) is 3.84. The third-order valence-corrected chi connectivity index (χ3v) is 3.03. The lowest BCUT2D eigenvalue weighted by Crippen LogP contribution is -2.18. The summed E-state index contributed by atoms with van der Waals surface area (Å²) in [5.41, 5.74) is 1.58. The molecule has 4 heteroatoms. The molecule has 106 valence electrons. The average Bonchev–Trinajstić information content (AvgIpc) is 2.16. The highest BCUT2D eigenvalue weighted by atomic mass is 16.4. The van der Waals surface area contributed by atoms with E-state index in [4.69, 9.17) is 5.11 Å². The molecule has 0 saturated heterocycles. The van der Waals surface area contributed by atoms with Crippen LogP contribution in [0.25, 0.3) is 0 Å². The van der Waals surface area contributed by atoms with Crippen molar-refractivity contribution in [1.29, 1.82) is 0 Å². The molecule has 0 saturated carbocycles. The fourth-order valence-corrected chi connectivity index (χ4v) is 1.85. The Morgan fingerprint density at radius 3 is 1.95 bits per heavy atom. The largest absolute Gasteiger partial charge is 0.505 e. The van der Waals surface area contributed by atoms with Crippen LogP contribution in [0.2, 0.25) is 0 Å². The third-order valence-electron chi connectivity index (χ3n) is 3.03. The van der Waals surface area contributed by atoms with Crippen LogP contribution >= 0.6 is 0 Å². The maximum absolute atomic E-state index is 10.8. The minimum atomic E-state index is -1.18. The van der Waals surface area contributed by atoms with Gasteiger partial charge in [0.2, 0.25) is 0 Å². The number of benzene rings is 1. The molecule has 3 N–H and O–H groups in total. The van der Waals surface area contributed by atoms with E-state index in [-0.39, 0.29) is 22.3 Å². The van der Waals surface area contributed by atoms with Crippen LogP contribution < -0.4 is 5.32 Å². The van der Waals surface area contributed by atoms with Gasteiger partial charge >= 0.3 is 6.09 Å². The lowest BCUT2D eigenvalue weighted by molar-refractivity contribution is 0.209. The number of carbonyl (C=O) groups is 1. The Morgan fingerprint density at radius 1 is 1.05 bits per heavy atom. The Labute approximate surface area is 114 Å². The predicted molar refractivity (Wildman–Crippen MR) is 77.2 cm³/mol. The van der Waals surface area contributed by atoms with E-state index in [9.17, 15) is 9.90 Å². The molecular weight excluding hydrogens is 242 g/mol. The molecule has 0 spiro atoms. The predicted octanol–water partition coefficient (Wildman–Crippen LogP) is 4.08. The SMILES string of the molecule is CC(C)(C)c1cc(NC(=O)O)c(O)c(C(C)(C)C)c1. The number of rotatable bonds is 1. The minimum Gasteiger partial charge on any atom is -0.505 e. The molecule has 1 aromatic rings. The van der Waals surface area contributed by atoms with Gasteiger partial charge in [-0.25, -0.2) is 4.79 Å². The van der Waals surface area contributed by atoms with E-state index in [0.29, 0.717) is 0 Å². The van der Waals surface area contributed by atoms with E-state index in [2.05, 4.69) is 26.1 Å². The Morgan fingerprint density at radius 2 is 1.58 bits per heavy atom.